The molecule has 0 saturated carbocycles. The Morgan fingerprint density at radius 2 is 2.00 bits per heavy atom. The summed E-state index contributed by atoms with van der Waals surface area (Å²) in [6.07, 6.45) is 2.00. The van der Waals surface area contributed by atoms with Crippen LogP contribution in [0.3, 0.4) is 0 Å². The van der Waals surface area contributed by atoms with E-state index in [1.54, 1.807) is 0 Å². The van der Waals surface area contributed by atoms with Crippen LogP contribution < -0.4 is 11.3 Å². The zero-order valence-electron chi connectivity index (χ0n) is 10.6. The fourth-order valence-electron chi connectivity index (χ4n) is 2.03. The van der Waals surface area contributed by atoms with Crippen molar-refractivity contribution in [1.82, 2.24) is 14.5 Å². The van der Waals surface area contributed by atoms with Gasteiger partial charge in [0.05, 0.1) is 5.39 Å². The maximum absolute atomic E-state index is 12.0. The molecule has 92 valence electrons. The van der Waals surface area contributed by atoms with Crippen LogP contribution >= 0.6 is 0 Å². The molecule has 3 N–H and O–H groups in total. The minimum atomic E-state index is -0.157. The third-order valence-corrected chi connectivity index (χ3v) is 2.91. The Hall–Kier alpha value is -1.78. The van der Waals surface area contributed by atoms with Gasteiger partial charge in [-0.15, -0.1) is 0 Å². The summed E-state index contributed by atoms with van der Waals surface area (Å²) in [4.78, 5) is 18.8. The SMILES string of the molecule is CC(C)c1cn(C(C)C)c2nc(N)[nH]c(=O)c12. The predicted molar refractivity (Wildman–Crippen MR) is 69.2 cm³/mol. The lowest BCUT2D eigenvalue weighted by molar-refractivity contribution is 0.614. The molecule has 5 heteroatoms. The van der Waals surface area contributed by atoms with Gasteiger partial charge in [-0.05, 0) is 25.3 Å². The Morgan fingerprint density at radius 1 is 1.35 bits per heavy atom. The number of nitrogens with two attached hydrogens (primary N) is 1. The van der Waals surface area contributed by atoms with Crippen molar-refractivity contribution < 1.29 is 0 Å². The highest BCUT2D eigenvalue weighted by molar-refractivity contribution is 5.81. The Labute approximate surface area is 99.7 Å². The number of nitrogens with zero attached hydrogens (tertiary/aromatic N) is 2. The molecule has 17 heavy (non-hydrogen) atoms. The van der Waals surface area contributed by atoms with Crippen LogP contribution in [0.1, 0.15) is 45.2 Å². The number of aromatic amines is 1. The number of anilines is 1. The van der Waals surface area contributed by atoms with Crippen molar-refractivity contribution in [2.75, 3.05) is 5.73 Å². The monoisotopic (exact) mass is 234 g/mol. The smallest absolute Gasteiger partial charge is 0.262 e. The van der Waals surface area contributed by atoms with Crippen molar-refractivity contribution in [3.05, 3.63) is 22.1 Å². The van der Waals surface area contributed by atoms with E-state index in [9.17, 15) is 4.79 Å². The van der Waals surface area contributed by atoms with Gasteiger partial charge in [0.2, 0.25) is 5.95 Å². The van der Waals surface area contributed by atoms with Gasteiger partial charge in [-0.2, -0.15) is 4.98 Å². The Kier molecular flexibility index (Phi) is 2.69. The van der Waals surface area contributed by atoms with Gasteiger partial charge >= 0.3 is 0 Å². The lowest BCUT2D eigenvalue weighted by Gasteiger charge is -2.07. The summed E-state index contributed by atoms with van der Waals surface area (Å²) < 4.78 is 2.00. The molecule has 0 radical (unpaired) electrons. The average Bonchev–Trinajstić information content (AvgIpc) is 2.56. The van der Waals surface area contributed by atoms with Gasteiger partial charge in [0, 0.05) is 12.2 Å². The van der Waals surface area contributed by atoms with E-state index in [-0.39, 0.29) is 23.5 Å². The Bertz CT molecular complexity index is 607. The second kappa shape index (κ2) is 3.91. The Balaban J connectivity index is 2.91. The second-order valence-electron chi connectivity index (χ2n) is 4.89. The largest absolute Gasteiger partial charge is 0.369 e. The van der Waals surface area contributed by atoms with E-state index < -0.39 is 0 Å². The van der Waals surface area contributed by atoms with Gasteiger partial charge < -0.3 is 10.3 Å². The zero-order valence-corrected chi connectivity index (χ0v) is 10.6. The maximum Gasteiger partial charge on any atom is 0.262 e. The summed E-state index contributed by atoms with van der Waals surface area (Å²) in [6.45, 7) is 8.25. The number of H-pyrrole nitrogens is 1. The molecule has 2 aromatic rings. The van der Waals surface area contributed by atoms with E-state index in [0.29, 0.717) is 11.0 Å². The van der Waals surface area contributed by atoms with Crippen molar-refractivity contribution in [3.63, 3.8) is 0 Å². The fourth-order valence-corrected chi connectivity index (χ4v) is 2.03. The predicted octanol–water partition coefficient (Wildman–Crippen LogP) is 2.01. The van der Waals surface area contributed by atoms with Gasteiger partial charge in [0.15, 0.2) is 0 Å². The molecule has 0 amide bonds. The van der Waals surface area contributed by atoms with Crippen molar-refractivity contribution in [1.29, 1.82) is 0 Å². The molecule has 0 aliphatic carbocycles. The molecule has 0 atom stereocenters. The lowest BCUT2D eigenvalue weighted by atomic mass is 10.0. The first-order valence-corrected chi connectivity index (χ1v) is 5.82. The summed E-state index contributed by atoms with van der Waals surface area (Å²) in [5, 5.41) is 0.655. The lowest BCUT2D eigenvalue weighted by Crippen LogP contribution is -2.13. The van der Waals surface area contributed by atoms with Crippen molar-refractivity contribution in [2.24, 2.45) is 0 Å². The van der Waals surface area contributed by atoms with Gasteiger partial charge in [-0.3, -0.25) is 9.78 Å². The van der Waals surface area contributed by atoms with Gasteiger partial charge in [0.25, 0.3) is 5.56 Å². The summed E-state index contributed by atoms with van der Waals surface area (Å²) in [7, 11) is 0. The van der Waals surface area contributed by atoms with Crippen LogP contribution in [0.2, 0.25) is 0 Å². The average molecular weight is 234 g/mol. The van der Waals surface area contributed by atoms with Crippen LogP contribution in [-0.4, -0.2) is 14.5 Å². The number of fused-ring (bicyclic) bond motifs is 1. The quantitative estimate of drug-likeness (QED) is 0.834. The summed E-state index contributed by atoms with van der Waals surface area (Å²) in [5.74, 6) is 0.446. The number of hydrogen-bond donors (Lipinski definition) is 2. The molecule has 0 aliphatic heterocycles. The van der Waals surface area contributed by atoms with Crippen molar-refractivity contribution >= 4 is 17.0 Å². The third-order valence-electron chi connectivity index (χ3n) is 2.91. The van der Waals surface area contributed by atoms with E-state index in [0.717, 1.165) is 5.56 Å². The molecule has 0 aromatic carbocycles. The number of hydrogen-bond acceptors (Lipinski definition) is 3. The summed E-state index contributed by atoms with van der Waals surface area (Å²) in [5.41, 5.74) is 7.13. The van der Waals surface area contributed by atoms with Gasteiger partial charge in [0.1, 0.15) is 5.65 Å². The van der Waals surface area contributed by atoms with Crippen LogP contribution in [-0.2, 0) is 0 Å². The van der Waals surface area contributed by atoms with E-state index in [1.165, 1.54) is 0 Å². The molecule has 0 fully saturated rings. The van der Waals surface area contributed by atoms with E-state index >= 15 is 0 Å². The molecule has 2 rings (SSSR count). The first-order chi connectivity index (χ1) is 7.91. The number of nitrogen functional groups attached to an aromatic ring is 1. The first kappa shape index (κ1) is 11.7. The third kappa shape index (κ3) is 1.81. The van der Waals surface area contributed by atoms with E-state index in [2.05, 4.69) is 37.7 Å². The number of aromatic nitrogens is 3. The number of rotatable bonds is 2. The molecule has 0 aliphatic rings. The van der Waals surface area contributed by atoms with Crippen LogP contribution in [0, 0.1) is 0 Å². The van der Waals surface area contributed by atoms with Crippen LogP contribution in [0.5, 0.6) is 0 Å². The molecule has 0 unspecified atom stereocenters. The minimum Gasteiger partial charge on any atom is -0.369 e. The van der Waals surface area contributed by atoms with Gasteiger partial charge in [-0.25, -0.2) is 0 Å². The molecular formula is C12H18N4O. The molecule has 2 heterocycles. The standard InChI is InChI=1S/C12H18N4O/c1-6(2)8-5-16(7(3)4)10-9(8)11(17)15-12(13)14-10/h5-7H,1-4H3,(H3,13,14,15,17). The highest BCUT2D eigenvalue weighted by Gasteiger charge is 2.17. The molecular weight excluding hydrogens is 216 g/mol. The highest BCUT2D eigenvalue weighted by Crippen LogP contribution is 2.26. The van der Waals surface area contributed by atoms with Crippen molar-refractivity contribution in [2.45, 2.75) is 39.7 Å². The van der Waals surface area contributed by atoms with Crippen molar-refractivity contribution in [3.8, 4) is 0 Å². The van der Waals surface area contributed by atoms with E-state index in [4.69, 9.17) is 5.73 Å². The van der Waals surface area contributed by atoms with Crippen LogP contribution in [0.15, 0.2) is 11.0 Å². The van der Waals surface area contributed by atoms with Crippen LogP contribution in [0.4, 0.5) is 5.95 Å². The highest BCUT2D eigenvalue weighted by atomic mass is 16.1. The summed E-state index contributed by atoms with van der Waals surface area (Å²) >= 11 is 0. The van der Waals surface area contributed by atoms with Crippen LogP contribution in [0.25, 0.3) is 11.0 Å². The normalized spacial score (nSPS) is 11.9. The first-order valence-electron chi connectivity index (χ1n) is 5.82. The number of nitrogens with one attached hydrogen (secondary N) is 1. The minimum absolute atomic E-state index is 0.157. The molecule has 0 spiro atoms. The zero-order chi connectivity index (χ0) is 12.7. The topological polar surface area (TPSA) is 76.7 Å². The fraction of sp³-hybridized carbons (Fsp3) is 0.500. The molecule has 0 saturated heterocycles. The second-order valence-corrected chi connectivity index (χ2v) is 4.89. The molecule has 2 aromatic heterocycles. The molecule has 5 nitrogen and oxygen atoms in total. The summed E-state index contributed by atoms with van der Waals surface area (Å²) in [6, 6.07) is 0.249. The van der Waals surface area contributed by atoms with E-state index in [1.807, 2.05) is 10.8 Å². The maximum atomic E-state index is 12.0. The molecule has 0 bridgehead atoms. The van der Waals surface area contributed by atoms with Gasteiger partial charge in [-0.1, -0.05) is 13.8 Å². The Morgan fingerprint density at radius 3 is 2.53 bits per heavy atom.